The van der Waals surface area contributed by atoms with Crippen molar-refractivity contribution in [1.82, 2.24) is 15.0 Å². The molecule has 6 heteroatoms. The molecule has 0 saturated heterocycles. The van der Waals surface area contributed by atoms with Crippen LogP contribution in [0, 0.1) is 0 Å². The van der Waals surface area contributed by atoms with Crippen LogP contribution in [0.2, 0.25) is 5.02 Å². The molecule has 0 radical (unpaired) electrons. The van der Waals surface area contributed by atoms with Crippen molar-refractivity contribution in [2.45, 2.75) is 10.1 Å². The van der Waals surface area contributed by atoms with E-state index < -0.39 is 0 Å². The first-order chi connectivity index (χ1) is 7.25. The highest BCUT2D eigenvalue weighted by atomic mass is 79.9. The van der Waals surface area contributed by atoms with E-state index in [1.807, 2.05) is 6.07 Å². The van der Waals surface area contributed by atoms with E-state index in [1.165, 1.54) is 18.1 Å². The molecule has 15 heavy (non-hydrogen) atoms. The van der Waals surface area contributed by atoms with Crippen molar-refractivity contribution in [3.8, 4) is 0 Å². The van der Waals surface area contributed by atoms with E-state index >= 15 is 0 Å². The van der Waals surface area contributed by atoms with Gasteiger partial charge in [0.25, 0.3) is 0 Å². The fraction of sp³-hybridized carbons (Fsp3) is 0. The number of aromatic nitrogens is 3. The van der Waals surface area contributed by atoms with E-state index in [-0.39, 0.29) is 0 Å². The van der Waals surface area contributed by atoms with Crippen LogP contribution in [0.3, 0.4) is 0 Å². The molecule has 0 fully saturated rings. The van der Waals surface area contributed by atoms with Gasteiger partial charge in [0, 0.05) is 12.4 Å². The van der Waals surface area contributed by atoms with Gasteiger partial charge in [0.15, 0.2) is 0 Å². The summed E-state index contributed by atoms with van der Waals surface area (Å²) in [4.78, 5) is 12.2. The zero-order chi connectivity index (χ0) is 10.7. The summed E-state index contributed by atoms with van der Waals surface area (Å²) in [6, 6.07) is 3.65. The zero-order valence-corrected chi connectivity index (χ0v) is 10.6. The Morgan fingerprint density at radius 1 is 1.20 bits per heavy atom. The number of halogens is 2. The van der Waals surface area contributed by atoms with Crippen LogP contribution in [0.15, 0.2) is 45.4 Å². The molecule has 0 aliphatic carbocycles. The molecular formula is C9H5BrClN3S. The molecule has 0 aliphatic heterocycles. The molecule has 0 unspecified atom stereocenters. The third-order valence-corrected chi connectivity index (χ3v) is 3.57. The Morgan fingerprint density at radius 2 is 2.07 bits per heavy atom. The standard InChI is InChI=1S/C9H5BrClN3S/c10-7-4-12-5-14-9(7)15-8-2-1-6(11)3-13-8/h1-5H. The highest BCUT2D eigenvalue weighted by Crippen LogP contribution is 2.29. The van der Waals surface area contributed by atoms with Crippen molar-refractivity contribution in [2.75, 3.05) is 0 Å². The predicted octanol–water partition coefficient (Wildman–Crippen LogP) is 3.44. The van der Waals surface area contributed by atoms with E-state index in [9.17, 15) is 0 Å². The molecule has 0 atom stereocenters. The Balaban J connectivity index is 2.22. The molecular weight excluding hydrogens is 298 g/mol. The van der Waals surface area contributed by atoms with Gasteiger partial charge in [0.2, 0.25) is 0 Å². The molecule has 0 aliphatic rings. The summed E-state index contributed by atoms with van der Waals surface area (Å²) in [5, 5.41) is 2.31. The Labute approximate surface area is 104 Å². The minimum Gasteiger partial charge on any atom is -0.248 e. The highest BCUT2D eigenvalue weighted by molar-refractivity contribution is 9.10. The molecule has 0 saturated carbocycles. The topological polar surface area (TPSA) is 38.7 Å². The smallest absolute Gasteiger partial charge is 0.120 e. The van der Waals surface area contributed by atoms with Gasteiger partial charge in [-0.05, 0) is 39.8 Å². The maximum atomic E-state index is 5.74. The first-order valence-electron chi connectivity index (χ1n) is 4.00. The summed E-state index contributed by atoms with van der Waals surface area (Å²) in [5.41, 5.74) is 0. The van der Waals surface area contributed by atoms with Crippen LogP contribution in [0.5, 0.6) is 0 Å². The fourth-order valence-electron chi connectivity index (χ4n) is 0.898. The number of rotatable bonds is 2. The van der Waals surface area contributed by atoms with Gasteiger partial charge in [-0.25, -0.2) is 15.0 Å². The van der Waals surface area contributed by atoms with Crippen LogP contribution in [0.1, 0.15) is 0 Å². The largest absolute Gasteiger partial charge is 0.248 e. The lowest BCUT2D eigenvalue weighted by molar-refractivity contribution is 1.02. The van der Waals surface area contributed by atoms with Crippen molar-refractivity contribution in [3.05, 3.63) is 40.3 Å². The third-order valence-electron chi connectivity index (χ3n) is 1.54. The lowest BCUT2D eigenvalue weighted by Gasteiger charge is -2.01. The summed E-state index contributed by atoms with van der Waals surface area (Å²) >= 11 is 10.6. The van der Waals surface area contributed by atoms with Crippen LogP contribution in [0.25, 0.3) is 0 Å². The molecule has 2 aromatic rings. The number of hydrogen-bond acceptors (Lipinski definition) is 4. The van der Waals surface area contributed by atoms with Crippen LogP contribution >= 0.6 is 39.3 Å². The lowest BCUT2D eigenvalue weighted by atomic mass is 10.5. The molecule has 0 bridgehead atoms. The van der Waals surface area contributed by atoms with Gasteiger partial charge in [0.05, 0.1) is 9.50 Å². The van der Waals surface area contributed by atoms with Gasteiger partial charge >= 0.3 is 0 Å². The van der Waals surface area contributed by atoms with Gasteiger partial charge in [-0.3, -0.25) is 0 Å². The second-order valence-electron chi connectivity index (χ2n) is 2.59. The molecule has 3 nitrogen and oxygen atoms in total. The lowest BCUT2D eigenvalue weighted by Crippen LogP contribution is -1.85. The third kappa shape index (κ3) is 2.90. The number of nitrogens with zero attached hydrogens (tertiary/aromatic N) is 3. The Kier molecular flexibility index (Phi) is 3.56. The van der Waals surface area contributed by atoms with Gasteiger partial charge in [0.1, 0.15) is 16.4 Å². The molecule has 0 spiro atoms. The quantitative estimate of drug-likeness (QED) is 0.797. The summed E-state index contributed by atoms with van der Waals surface area (Å²) < 4.78 is 0.853. The Morgan fingerprint density at radius 3 is 2.73 bits per heavy atom. The summed E-state index contributed by atoms with van der Waals surface area (Å²) in [6.45, 7) is 0. The molecule has 2 aromatic heterocycles. The number of hydrogen-bond donors (Lipinski definition) is 0. The normalized spacial score (nSPS) is 10.3. The maximum absolute atomic E-state index is 5.74. The maximum Gasteiger partial charge on any atom is 0.120 e. The van der Waals surface area contributed by atoms with Crippen molar-refractivity contribution in [2.24, 2.45) is 0 Å². The van der Waals surface area contributed by atoms with Crippen molar-refractivity contribution in [3.63, 3.8) is 0 Å². The van der Waals surface area contributed by atoms with E-state index in [0.717, 1.165) is 14.5 Å². The van der Waals surface area contributed by atoms with Crippen molar-refractivity contribution < 1.29 is 0 Å². The van der Waals surface area contributed by atoms with E-state index in [2.05, 4.69) is 30.9 Å². The number of pyridine rings is 1. The summed E-state index contributed by atoms with van der Waals surface area (Å²) in [7, 11) is 0. The first kappa shape index (κ1) is 10.9. The monoisotopic (exact) mass is 301 g/mol. The molecule has 0 N–H and O–H groups in total. The molecule has 0 amide bonds. The van der Waals surface area contributed by atoms with E-state index in [1.54, 1.807) is 18.5 Å². The van der Waals surface area contributed by atoms with Gasteiger partial charge in [-0.2, -0.15) is 0 Å². The minimum absolute atomic E-state index is 0.626. The van der Waals surface area contributed by atoms with Crippen molar-refractivity contribution >= 4 is 39.3 Å². The van der Waals surface area contributed by atoms with Crippen LogP contribution < -0.4 is 0 Å². The average Bonchev–Trinajstić information content (AvgIpc) is 2.25. The first-order valence-corrected chi connectivity index (χ1v) is 5.99. The van der Waals surface area contributed by atoms with Crippen LogP contribution in [-0.2, 0) is 0 Å². The van der Waals surface area contributed by atoms with E-state index in [0.29, 0.717) is 5.02 Å². The molecule has 76 valence electrons. The highest BCUT2D eigenvalue weighted by Gasteiger charge is 2.04. The summed E-state index contributed by atoms with van der Waals surface area (Å²) in [6.07, 6.45) is 4.81. The Bertz CT molecular complexity index is 463. The fourth-order valence-corrected chi connectivity index (χ4v) is 2.16. The van der Waals surface area contributed by atoms with Gasteiger partial charge in [-0.1, -0.05) is 11.6 Å². The van der Waals surface area contributed by atoms with Crippen LogP contribution in [0.4, 0.5) is 0 Å². The van der Waals surface area contributed by atoms with Crippen LogP contribution in [-0.4, -0.2) is 15.0 Å². The SMILES string of the molecule is Clc1ccc(Sc2ncncc2Br)nc1. The average molecular weight is 303 g/mol. The van der Waals surface area contributed by atoms with Gasteiger partial charge in [-0.15, -0.1) is 0 Å². The second-order valence-corrected chi connectivity index (χ2v) is 4.89. The zero-order valence-electron chi connectivity index (χ0n) is 7.39. The summed E-state index contributed by atoms with van der Waals surface area (Å²) in [5.74, 6) is 0. The molecule has 2 rings (SSSR count). The van der Waals surface area contributed by atoms with Gasteiger partial charge < -0.3 is 0 Å². The minimum atomic E-state index is 0.626. The second kappa shape index (κ2) is 4.92. The van der Waals surface area contributed by atoms with Crippen molar-refractivity contribution in [1.29, 1.82) is 0 Å². The molecule has 2 heterocycles. The Hall–Kier alpha value is -0.650. The molecule has 0 aromatic carbocycles. The van der Waals surface area contributed by atoms with E-state index in [4.69, 9.17) is 11.6 Å². The predicted molar refractivity (Wildman–Crippen MR) is 63.1 cm³/mol.